The Kier molecular flexibility index (Phi) is 7.28. The molecule has 0 saturated carbocycles. The van der Waals surface area contributed by atoms with Crippen molar-refractivity contribution >= 4 is 29.4 Å². The lowest BCUT2D eigenvalue weighted by atomic mass is 9.99. The zero-order chi connectivity index (χ0) is 26.8. The fraction of sp³-hybridized carbons (Fsp3) is 0.207. The monoisotopic (exact) mass is 532 g/mol. The maximum atomic E-state index is 15.2. The van der Waals surface area contributed by atoms with Gasteiger partial charge in [0.2, 0.25) is 11.8 Å². The minimum Gasteiger partial charge on any atom is -0.352 e. The lowest BCUT2D eigenvalue weighted by molar-refractivity contribution is -0.123. The van der Waals surface area contributed by atoms with Gasteiger partial charge in [-0.15, -0.1) is 11.8 Å². The summed E-state index contributed by atoms with van der Waals surface area (Å²) in [4.78, 5) is 27.9. The van der Waals surface area contributed by atoms with Crippen LogP contribution in [0.3, 0.4) is 0 Å². The van der Waals surface area contributed by atoms with Crippen molar-refractivity contribution in [3.63, 3.8) is 0 Å². The molecule has 194 valence electrons. The van der Waals surface area contributed by atoms with Crippen molar-refractivity contribution in [2.75, 3.05) is 17.2 Å². The third-order valence-corrected chi connectivity index (χ3v) is 7.37. The van der Waals surface area contributed by atoms with E-state index in [2.05, 4.69) is 5.32 Å². The fourth-order valence-corrected chi connectivity index (χ4v) is 5.77. The van der Waals surface area contributed by atoms with Crippen LogP contribution < -0.4 is 10.2 Å². The van der Waals surface area contributed by atoms with Crippen molar-refractivity contribution < 1.29 is 18.4 Å². The number of anilines is 1. The molecule has 6 nitrogen and oxygen atoms in total. The Labute approximate surface area is 223 Å². The molecule has 3 aromatic carbocycles. The van der Waals surface area contributed by atoms with Crippen LogP contribution in [0.2, 0.25) is 0 Å². The zero-order valence-electron chi connectivity index (χ0n) is 20.9. The number of nitrogens with one attached hydrogen (secondary N) is 1. The van der Waals surface area contributed by atoms with Gasteiger partial charge >= 0.3 is 0 Å². The average molecular weight is 533 g/mol. The Morgan fingerprint density at radius 2 is 1.74 bits per heavy atom. The van der Waals surface area contributed by atoms with Crippen molar-refractivity contribution in [1.29, 1.82) is 0 Å². The molecular formula is C29H26F2N4O2S. The van der Waals surface area contributed by atoms with E-state index in [4.69, 9.17) is 5.10 Å². The van der Waals surface area contributed by atoms with Crippen LogP contribution in [0.1, 0.15) is 30.2 Å². The van der Waals surface area contributed by atoms with Crippen LogP contribution >= 0.6 is 11.8 Å². The van der Waals surface area contributed by atoms with Gasteiger partial charge in [0, 0.05) is 28.8 Å². The number of aromatic nitrogens is 2. The number of rotatable bonds is 6. The largest absolute Gasteiger partial charge is 0.352 e. The minimum atomic E-state index is -0.710. The molecule has 9 heteroatoms. The van der Waals surface area contributed by atoms with E-state index >= 15 is 4.39 Å². The number of nitrogens with zero attached hydrogens (tertiary/aromatic N) is 3. The Morgan fingerprint density at radius 3 is 2.39 bits per heavy atom. The number of benzene rings is 3. The van der Waals surface area contributed by atoms with Crippen LogP contribution in [0, 0.1) is 11.6 Å². The van der Waals surface area contributed by atoms with E-state index in [-0.39, 0.29) is 35.7 Å². The Hall–Kier alpha value is -3.98. The SMILES string of the molecule is CC(C)NC(=O)CN1C(=O)CS[C@H](c2ccc(F)cc2F)c2c(-c3ccccc3)nn(-c3ccccc3)c21. The first-order valence-corrected chi connectivity index (χ1v) is 13.3. The quantitative estimate of drug-likeness (QED) is 0.356. The van der Waals surface area contributed by atoms with Crippen LogP contribution in [0.4, 0.5) is 14.6 Å². The van der Waals surface area contributed by atoms with Gasteiger partial charge in [0.1, 0.15) is 24.0 Å². The first-order valence-electron chi connectivity index (χ1n) is 12.2. The fourth-order valence-electron chi connectivity index (χ4n) is 4.55. The van der Waals surface area contributed by atoms with E-state index in [9.17, 15) is 14.0 Å². The third-order valence-electron chi connectivity index (χ3n) is 6.13. The van der Waals surface area contributed by atoms with Gasteiger partial charge < -0.3 is 5.32 Å². The maximum Gasteiger partial charge on any atom is 0.240 e. The third kappa shape index (κ3) is 5.06. The standard InChI is InChI=1S/C29H26F2N4O2S/c1-18(2)32-24(36)16-34-25(37)17-38-28(22-14-13-20(30)15-23(22)31)26-27(19-9-5-3-6-10-19)33-35(29(26)34)21-11-7-4-8-12-21/h3-15,18,28H,16-17H2,1-2H3,(H,32,36)/t28-/m1/s1. The highest BCUT2D eigenvalue weighted by Gasteiger charge is 2.38. The summed E-state index contributed by atoms with van der Waals surface area (Å²) in [6.45, 7) is 3.47. The molecule has 0 spiro atoms. The summed E-state index contributed by atoms with van der Waals surface area (Å²) in [7, 11) is 0. The number of hydrogen-bond acceptors (Lipinski definition) is 4. The predicted molar refractivity (Wildman–Crippen MR) is 145 cm³/mol. The van der Waals surface area contributed by atoms with Gasteiger partial charge in [-0.25, -0.2) is 13.5 Å². The second-order valence-corrected chi connectivity index (χ2v) is 10.4. The number of para-hydroxylation sites is 1. The smallest absolute Gasteiger partial charge is 0.240 e. The molecule has 1 atom stereocenters. The van der Waals surface area contributed by atoms with E-state index in [1.165, 1.54) is 28.8 Å². The summed E-state index contributed by atoms with van der Waals surface area (Å²) >= 11 is 1.23. The molecular weight excluding hydrogens is 506 g/mol. The van der Waals surface area contributed by atoms with Crippen LogP contribution in [0.5, 0.6) is 0 Å². The first-order chi connectivity index (χ1) is 18.3. The summed E-state index contributed by atoms with van der Waals surface area (Å²) in [5, 5.41) is 7.10. The van der Waals surface area contributed by atoms with Crippen LogP contribution in [0.15, 0.2) is 78.9 Å². The lowest BCUT2D eigenvalue weighted by Crippen LogP contribution is -2.44. The second-order valence-electron chi connectivity index (χ2n) is 9.26. The molecule has 2 amide bonds. The van der Waals surface area contributed by atoms with Crippen molar-refractivity contribution in [2.24, 2.45) is 0 Å². The van der Waals surface area contributed by atoms with E-state index in [0.717, 1.165) is 11.6 Å². The molecule has 38 heavy (non-hydrogen) atoms. The van der Waals surface area contributed by atoms with Crippen molar-refractivity contribution in [3.8, 4) is 16.9 Å². The van der Waals surface area contributed by atoms with Crippen molar-refractivity contribution in [3.05, 3.63) is 102 Å². The van der Waals surface area contributed by atoms with Crippen LogP contribution in [0.25, 0.3) is 16.9 Å². The summed E-state index contributed by atoms with van der Waals surface area (Å²) in [5.74, 6) is -1.64. The highest BCUT2D eigenvalue weighted by molar-refractivity contribution is 8.00. The second kappa shape index (κ2) is 10.8. The summed E-state index contributed by atoms with van der Waals surface area (Å²) < 4.78 is 30.7. The Balaban J connectivity index is 1.81. The van der Waals surface area contributed by atoms with Crippen LogP contribution in [-0.2, 0) is 9.59 Å². The van der Waals surface area contributed by atoms with Gasteiger partial charge in [-0.1, -0.05) is 54.6 Å². The molecule has 1 aromatic heterocycles. The topological polar surface area (TPSA) is 67.2 Å². The molecule has 0 aliphatic carbocycles. The normalized spacial score (nSPS) is 15.3. The Bertz CT molecular complexity index is 1470. The van der Waals surface area contributed by atoms with Gasteiger partial charge in [-0.2, -0.15) is 5.10 Å². The lowest BCUT2D eigenvalue weighted by Gasteiger charge is -2.23. The first kappa shape index (κ1) is 25.7. The molecule has 0 bridgehead atoms. The van der Waals surface area contributed by atoms with Crippen molar-refractivity contribution in [1.82, 2.24) is 15.1 Å². The summed E-state index contributed by atoms with van der Waals surface area (Å²) in [5.41, 5.74) is 2.82. The maximum absolute atomic E-state index is 15.2. The van der Waals surface area contributed by atoms with E-state index < -0.39 is 16.9 Å². The van der Waals surface area contributed by atoms with Crippen LogP contribution in [-0.4, -0.2) is 39.9 Å². The molecule has 0 radical (unpaired) electrons. The number of thioether (sulfide) groups is 1. The van der Waals surface area contributed by atoms with E-state index in [1.807, 2.05) is 74.5 Å². The summed E-state index contributed by atoms with van der Waals surface area (Å²) in [6, 6.07) is 22.1. The van der Waals surface area contributed by atoms with Gasteiger partial charge in [-0.3, -0.25) is 14.5 Å². The van der Waals surface area contributed by atoms with E-state index in [1.54, 1.807) is 4.68 Å². The number of halogens is 2. The molecule has 2 heterocycles. The molecule has 0 fully saturated rings. The van der Waals surface area contributed by atoms with E-state index in [0.29, 0.717) is 22.8 Å². The molecule has 0 unspecified atom stereocenters. The summed E-state index contributed by atoms with van der Waals surface area (Å²) in [6.07, 6.45) is 0. The van der Waals surface area contributed by atoms with Gasteiger partial charge in [0.25, 0.3) is 0 Å². The number of hydrogen-bond donors (Lipinski definition) is 1. The number of carbonyl (C=O) groups excluding carboxylic acids is 2. The minimum absolute atomic E-state index is 0.00581. The molecule has 1 aliphatic rings. The highest BCUT2D eigenvalue weighted by Crippen LogP contribution is 2.49. The highest BCUT2D eigenvalue weighted by atomic mass is 32.2. The molecule has 1 aliphatic heterocycles. The van der Waals surface area contributed by atoms with Gasteiger partial charge in [-0.05, 0) is 32.0 Å². The Morgan fingerprint density at radius 1 is 1.05 bits per heavy atom. The molecule has 5 rings (SSSR count). The molecule has 0 saturated heterocycles. The van der Waals surface area contributed by atoms with Gasteiger partial charge in [0.15, 0.2) is 0 Å². The number of fused-ring (bicyclic) bond motifs is 1. The number of amides is 2. The number of carbonyl (C=O) groups is 2. The molecule has 1 N–H and O–H groups in total. The zero-order valence-corrected chi connectivity index (χ0v) is 21.7. The van der Waals surface area contributed by atoms with Crippen molar-refractivity contribution in [2.45, 2.75) is 25.1 Å². The molecule has 4 aromatic rings. The predicted octanol–water partition coefficient (Wildman–Crippen LogP) is 5.51. The average Bonchev–Trinajstić information content (AvgIpc) is 3.23. The van der Waals surface area contributed by atoms with Gasteiger partial charge in [0.05, 0.1) is 22.4 Å².